The van der Waals surface area contributed by atoms with Gasteiger partial charge in [0.1, 0.15) is 11.6 Å². The Hall–Kier alpha value is -3.09. The summed E-state index contributed by atoms with van der Waals surface area (Å²) in [5.74, 6) is -0.421. The Labute approximate surface area is 142 Å². The number of carbonyl (C=O) groups excluding carboxylic acids is 1. The van der Waals surface area contributed by atoms with Crippen LogP contribution in [0, 0.1) is 18.6 Å². The number of nitrogens with one attached hydrogen (secondary N) is 1. The van der Waals surface area contributed by atoms with Gasteiger partial charge in [0.05, 0.1) is 0 Å². The Bertz CT molecular complexity index is 892. The van der Waals surface area contributed by atoms with E-state index >= 15 is 0 Å². The topological polar surface area (TPSA) is 68.0 Å². The van der Waals surface area contributed by atoms with Crippen molar-refractivity contribution in [3.05, 3.63) is 65.6 Å². The molecule has 1 N–H and O–H groups in total. The van der Waals surface area contributed by atoms with Crippen LogP contribution in [-0.4, -0.2) is 16.0 Å². The van der Waals surface area contributed by atoms with Crippen molar-refractivity contribution in [1.82, 2.24) is 10.1 Å². The quantitative estimate of drug-likeness (QED) is 0.763. The van der Waals surface area contributed by atoms with Crippen LogP contribution < -0.4 is 5.32 Å². The number of hydrogen-bond acceptors (Lipinski definition) is 4. The number of amides is 1. The third kappa shape index (κ3) is 4.26. The molecule has 0 spiro atoms. The number of hydrogen-bond donors (Lipinski definition) is 1. The van der Waals surface area contributed by atoms with Crippen LogP contribution in [0.5, 0.6) is 0 Å². The van der Waals surface area contributed by atoms with Crippen molar-refractivity contribution in [3.63, 3.8) is 0 Å². The molecule has 0 bridgehead atoms. The molecular weight excluding hydrogens is 328 g/mol. The second-order valence-corrected chi connectivity index (χ2v) is 5.53. The summed E-state index contributed by atoms with van der Waals surface area (Å²) in [5, 5.41) is 6.47. The number of halogens is 2. The number of nitrogens with zero attached hydrogens (tertiary/aromatic N) is 2. The van der Waals surface area contributed by atoms with E-state index in [0.29, 0.717) is 23.0 Å². The molecule has 0 aliphatic heterocycles. The van der Waals surface area contributed by atoms with Gasteiger partial charge in [0.2, 0.25) is 17.6 Å². The van der Waals surface area contributed by atoms with Crippen LogP contribution in [0.4, 0.5) is 14.5 Å². The van der Waals surface area contributed by atoms with E-state index < -0.39 is 5.82 Å². The van der Waals surface area contributed by atoms with Gasteiger partial charge in [0, 0.05) is 24.1 Å². The molecule has 0 fully saturated rings. The monoisotopic (exact) mass is 343 g/mol. The van der Waals surface area contributed by atoms with Crippen LogP contribution in [0.1, 0.15) is 17.9 Å². The van der Waals surface area contributed by atoms with Crippen molar-refractivity contribution < 1.29 is 18.1 Å². The van der Waals surface area contributed by atoms with Crippen LogP contribution in [0.25, 0.3) is 11.4 Å². The second kappa shape index (κ2) is 7.21. The molecule has 2 aromatic carbocycles. The molecule has 0 saturated carbocycles. The van der Waals surface area contributed by atoms with Crippen molar-refractivity contribution in [3.8, 4) is 11.4 Å². The lowest BCUT2D eigenvalue weighted by Gasteiger charge is -2.07. The van der Waals surface area contributed by atoms with Crippen molar-refractivity contribution in [1.29, 1.82) is 0 Å². The fraction of sp³-hybridized carbons (Fsp3) is 0.167. The minimum Gasteiger partial charge on any atom is -0.339 e. The van der Waals surface area contributed by atoms with Crippen molar-refractivity contribution in [2.75, 3.05) is 5.32 Å². The second-order valence-electron chi connectivity index (χ2n) is 5.53. The molecule has 5 nitrogen and oxygen atoms in total. The Morgan fingerprint density at radius 2 is 1.84 bits per heavy atom. The van der Waals surface area contributed by atoms with E-state index in [0.717, 1.165) is 5.56 Å². The van der Waals surface area contributed by atoms with E-state index in [1.54, 1.807) is 25.1 Å². The van der Waals surface area contributed by atoms with Crippen LogP contribution in [-0.2, 0) is 11.2 Å². The Morgan fingerprint density at radius 3 is 2.60 bits per heavy atom. The van der Waals surface area contributed by atoms with Gasteiger partial charge in [-0.05, 0) is 48.9 Å². The molecule has 1 amide bonds. The summed E-state index contributed by atoms with van der Waals surface area (Å²) < 4.78 is 31.2. The lowest BCUT2D eigenvalue weighted by molar-refractivity contribution is -0.116. The molecule has 0 unspecified atom stereocenters. The summed E-state index contributed by atoms with van der Waals surface area (Å²) in [6.07, 6.45) is 0.357. The number of anilines is 1. The van der Waals surface area contributed by atoms with Gasteiger partial charge in [-0.3, -0.25) is 4.79 Å². The predicted molar refractivity (Wildman–Crippen MR) is 87.8 cm³/mol. The zero-order valence-corrected chi connectivity index (χ0v) is 13.4. The number of benzene rings is 2. The van der Waals surface area contributed by atoms with Crippen molar-refractivity contribution >= 4 is 11.6 Å². The van der Waals surface area contributed by atoms with Gasteiger partial charge in [0.15, 0.2) is 0 Å². The summed E-state index contributed by atoms with van der Waals surface area (Å²) in [5.41, 5.74) is 1.82. The summed E-state index contributed by atoms with van der Waals surface area (Å²) in [4.78, 5) is 16.2. The highest BCUT2D eigenvalue weighted by atomic mass is 19.1. The van der Waals surface area contributed by atoms with Crippen LogP contribution in [0.2, 0.25) is 0 Å². The Kier molecular flexibility index (Phi) is 4.83. The molecule has 1 heterocycles. The normalized spacial score (nSPS) is 10.7. The van der Waals surface area contributed by atoms with Gasteiger partial charge in [-0.15, -0.1) is 0 Å². The first kappa shape index (κ1) is 16.8. The molecule has 1 aromatic heterocycles. The molecule has 3 rings (SSSR count). The van der Waals surface area contributed by atoms with Gasteiger partial charge in [-0.2, -0.15) is 4.98 Å². The smallest absolute Gasteiger partial charge is 0.227 e. The molecule has 25 heavy (non-hydrogen) atoms. The lowest BCUT2D eigenvalue weighted by Crippen LogP contribution is -2.13. The van der Waals surface area contributed by atoms with Crippen LogP contribution in [0.15, 0.2) is 47.0 Å². The van der Waals surface area contributed by atoms with Gasteiger partial charge in [0.25, 0.3) is 0 Å². The summed E-state index contributed by atoms with van der Waals surface area (Å²) in [6.45, 7) is 1.78. The molecule has 0 atom stereocenters. The van der Waals surface area contributed by atoms with Crippen LogP contribution >= 0.6 is 0 Å². The van der Waals surface area contributed by atoms with E-state index in [1.807, 2.05) is 0 Å². The molecule has 0 radical (unpaired) electrons. The molecule has 3 aromatic rings. The van der Waals surface area contributed by atoms with Crippen molar-refractivity contribution in [2.45, 2.75) is 19.8 Å². The Balaban J connectivity index is 1.59. The third-order valence-electron chi connectivity index (χ3n) is 3.61. The standard InChI is InChI=1S/C18H15F2N3O2/c1-11-2-5-14(20)10-15(11)21-16(24)8-9-17-22-18(23-25-17)12-3-6-13(19)7-4-12/h2-7,10H,8-9H2,1H3,(H,21,24). The number of aromatic nitrogens is 2. The number of carbonyl (C=O) groups is 1. The average Bonchev–Trinajstić information content (AvgIpc) is 3.06. The molecule has 0 aliphatic carbocycles. The van der Waals surface area contributed by atoms with E-state index in [4.69, 9.17) is 4.52 Å². The fourth-order valence-electron chi connectivity index (χ4n) is 2.23. The van der Waals surface area contributed by atoms with E-state index in [9.17, 15) is 13.6 Å². The third-order valence-corrected chi connectivity index (χ3v) is 3.61. The van der Waals surface area contributed by atoms with E-state index in [2.05, 4.69) is 15.5 Å². The maximum Gasteiger partial charge on any atom is 0.227 e. The first-order valence-electron chi connectivity index (χ1n) is 7.66. The summed E-state index contributed by atoms with van der Waals surface area (Å²) >= 11 is 0. The number of rotatable bonds is 5. The first-order chi connectivity index (χ1) is 12.0. The highest BCUT2D eigenvalue weighted by Crippen LogP contribution is 2.18. The summed E-state index contributed by atoms with van der Waals surface area (Å²) in [7, 11) is 0. The SMILES string of the molecule is Cc1ccc(F)cc1NC(=O)CCc1nc(-c2ccc(F)cc2)no1. The van der Waals surface area contributed by atoms with Gasteiger partial charge in [-0.25, -0.2) is 8.78 Å². The molecule has 0 saturated heterocycles. The summed E-state index contributed by atoms with van der Waals surface area (Å²) in [6, 6.07) is 9.90. The highest BCUT2D eigenvalue weighted by Gasteiger charge is 2.12. The predicted octanol–water partition coefficient (Wildman–Crippen LogP) is 3.89. The minimum absolute atomic E-state index is 0.112. The van der Waals surface area contributed by atoms with Crippen molar-refractivity contribution in [2.24, 2.45) is 0 Å². The van der Waals surface area contributed by atoms with E-state index in [1.165, 1.54) is 24.3 Å². The van der Waals surface area contributed by atoms with Crippen LogP contribution in [0.3, 0.4) is 0 Å². The zero-order chi connectivity index (χ0) is 17.8. The van der Waals surface area contributed by atoms with Gasteiger partial charge < -0.3 is 9.84 Å². The maximum atomic E-state index is 13.2. The van der Waals surface area contributed by atoms with Gasteiger partial charge in [-0.1, -0.05) is 11.2 Å². The van der Waals surface area contributed by atoms with E-state index in [-0.39, 0.29) is 24.6 Å². The largest absolute Gasteiger partial charge is 0.339 e. The zero-order valence-electron chi connectivity index (χ0n) is 13.4. The lowest BCUT2D eigenvalue weighted by atomic mass is 10.2. The highest BCUT2D eigenvalue weighted by molar-refractivity contribution is 5.91. The maximum absolute atomic E-state index is 13.2. The number of aryl methyl sites for hydroxylation is 2. The van der Waals surface area contributed by atoms with Gasteiger partial charge >= 0.3 is 0 Å². The fourth-order valence-corrected chi connectivity index (χ4v) is 2.23. The molecule has 7 heteroatoms. The average molecular weight is 343 g/mol. The Morgan fingerprint density at radius 1 is 1.12 bits per heavy atom. The molecule has 128 valence electrons. The molecule has 0 aliphatic rings. The minimum atomic E-state index is -0.415. The molecular formula is C18H15F2N3O2. The first-order valence-corrected chi connectivity index (χ1v) is 7.66.